The fourth-order valence-corrected chi connectivity index (χ4v) is 1.08. The van der Waals surface area contributed by atoms with Gasteiger partial charge in [-0.25, -0.2) is 0 Å². The van der Waals surface area contributed by atoms with Crippen molar-refractivity contribution < 1.29 is 14.0 Å². The predicted molar refractivity (Wildman–Crippen MR) is 29.1 cm³/mol. The third-order valence-corrected chi connectivity index (χ3v) is 1.61. The minimum absolute atomic E-state index is 0.0478. The maximum absolute atomic E-state index is 10.8. The zero-order chi connectivity index (χ0) is 7.14. The van der Waals surface area contributed by atoms with Crippen LogP contribution < -0.4 is 4.60 Å². The quantitative estimate of drug-likeness (QED) is 0.537. The Balaban J connectivity index is 2.74. The van der Waals surface area contributed by atoms with E-state index in [9.17, 15) is 9.70 Å². The monoisotopic (exact) mass is 141 g/mol. The molecule has 0 unspecified atom stereocenters. The number of fused-ring (bicyclic) bond motifs is 1. The molecule has 1 aromatic rings. The summed E-state index contributed by atoms with van der Waals surface area (Å²) in [5, 5.41) is 2.26. The summed E-state index contributed by atoms with van der Waals surface area (Å²) in [6.07, 6.45) is 0.907. The second-order valence-corrected chi connectivity index (χ2v) is 2.20. The van der Waals surface area contributed by atoms with Gasteiger partial charge in [-0.05, 0) is 4.91 Å². The molecule has 0 spiro atoms. The molecule has 0 aliphatic heterocycles. The lowest BCUT2D eigenvalue weighted by molar-refractivity contribution is -0.719. The average Bonchev–Trinajstić information content (AvgIpc) is 2.41. The van der Waals surface area contributed by atoms with Crippen LogP contribution in [-0.2, 0) is 6.42 Å². The van der Waals surface area contributed by atoms with E-state index in [-0.39, 0.29) is 5.78 Å². The minimum atomic E-state index is -0.0478. The molecule has 0 radical (unpaired) electrons. The van der Waals surface area contributed by atoms with Crippen LogP contribution in [0.4, 0.5) is 0 Å². The molecule has 5 nitrogen and oxygen atoms in total. The first-order valence-corrected chi connectivity index (χ1v) is 2.95. The van der Waals surface area contributed by atoms with Crippen LogP contribution in [-0.4, -0.2) is 10.9 Å². The van der Waals surface area contributed by atoms with E-state index in [1.54, 1.807) is 0 Å². The van der Waals surface area contributed by atoms with Gasteiger partial charge in [0.25, 0.3) is 11.4 Å². The highest BCUT2D eigenvalue weighted by atomic mass is 16.7. The normalized spacial score (nSPS) is 15.8. The van der Waals surface area contributed by atoms with Crippen molar-refractivity contribution in [2.75, 3.05) is 0 Å². The maximum atomic E-state index is 10.8. The molecular weight excluding hydrogens is 136 g/mol. The zero-order valence-electron chi connectivity index (χ0n) is 5.09. The molecule has 0 saturated carbocycles. The Morgan fingerprint density at radius 1 is 1.50 bits per heavy atom. The molecule has 0 aromatic carbocycles. The van der Waals surface area contributed by atoms with E-state index in [1.165, 1.54) is 0 Å². The Kier molecular flexibility index (Phi) is 0.841. The van der Waals surface area contributed by atoms with E-state index >= 15 is 0 Å². The fourth-order valence-electron chi connectivity index (χ4n) is 1.08. The number of aromatic nitrogens is 2. The SMILES string of the molecule is O=C1CCc2c1[nH]o[n+]2=O. The molecule has 1 N–H and O–H groups in total. The number of aromatic amines is 1. The van der Waals surface area contributed by atoms with Gasteiger partial charge in [0.1, 0.15) is 0 Å². The van der Waals surface area contributed by atoms with Gasteiger partial charge in [-0.1, -0.05) is 9.79 Å². The first-order chi connectivity index (χ1) is 4.79. The molecule has 1 aliphatic carbocycles. The topological polar surface area (TPSA) is 69.0 Å². The summed E-state index contributed by atoms with van der Waals surface area (Å²) in [6.45, 7) is 0. The van der Waals surface area contributed by atoms with Crippen molar-refractivity contribution in [2.45, 2.75) is 12.8 Å². The molecule has 0 atom stereocenters. The number of nitrogens with one attached hydrogen (secondary N) is 1. The molecular formula is C5H5N2O3+. The van der Waals surface area contributed by atoms with E-state index < -0.39 is 0 Å². The Bertz CT molecular complexity index is 335. The highest BCUT2D eigenvalue weighted by Gasteiger charge is 2.32. The Hall–Kier alpha value is -1.39. The van der Waals surface area contributed by atoms with Gasteiger partial charge in [-0.2, -0.15) is 0 Å². The van der Waals surface area contributed by atoms with E-state index in [1.807, 2.05) is 0 Å². The summed E-state index contributed by atoms with van der Waals surface area (Å²) >= 11 is 0. The van der Waals surface area contributed by atoms with Crippen LogP contribution >= 0.6 is 0 Å². The standard InChI is InChI=1S/C5H5N2O3/c8-4-2-1-3-5(4)6-10-7(3)9/h6H,1-2H2/q+1. The Morgan fingerprint density at radius 2 is 2.30 bits per heavy atom. The minimum Gasteiger partial charge on any atom is -0.290 e. The van der Waals surface area contributed by atoms with E-state index in [2.05, 4.69) is 9.79 Å². The van der Waals surface area contributed by atoms with Crippen LogP contribution in [0.25, 0.3) is 0 Å². The van der Waals surface area contributed by atoms with Crippen LogP contribution in [0, 0.1) is 4.91 Å². The van der Waals surface area contributed by atoms with Gasteiger partial charge >= 0.3 is 0 Å². The smallest absolute Gasteiger partial charge is 0.258 e. The van der Waals surface area contributed by atoms with Gasteiger partial charge in [0.2, 0.25) is 5.78 Å². The molecule has 10 heavy (non-hydrogen) atoms. The van der Waals surface area contributed by atoms with Gasteiger partial charge in [0.15, 0.2) is 4.60 Å². The number of nitrogens with zero attached hydrogens (tertiary/aromatic N) is 1. The van der Waals surface area contributed by atoms with E-state index in [4.69, 9.17) is 0 Å². The van der Waals surface area contributed by atoms with Crippen molar-refractivity contribution in [2.24, 2.45) is 0 Å². The van der Waals surface area contributed by atoms with Gasteiger partial charge < -0.3 is 0 Å². The lowest BCUT2D eigenvalue weighted by atomic mass is 10.3. The van der Waals surface area contributed by atoms with E-state index in [0.29, 0.717) is 28.8 Å². The lowest BCUT2D eigenvalue weighted by Crippen LogP contribution is -2.14. The van der Waals surface area contributed by atoms with Crippen LogP contribution in [0.15, 0.2) is 4.63 Å². The number of rotatable bonds is 0. The summed E-state index contributed by atoms with van der Waals surface area (Å²) in [5.74, 6) is -0.0478. The zero-order valence-corrected chi connectivity index (χ0v) is 5.09. The van der Waals surface area contributed by atoms with Gasteiger partial charge in [0, 0.05) is 12.8 Å². The molecule has 0 amide bonds. The lowest BCUT2D eigenvalue weighted by Gasteiger charge is -1.72. The van der Waals surface area contributed by atoms with Crippen LogP contribution in [0.5, 0.6) is 0 Å². The third kappa shape index (κ3) is 0.490. The molecule has 0 saturated heterocycles. The number of hydrogen-bond acceptors (Lipinski definition) is 3. The molecule has 0 bridgehead atoms. The van der Waals surface area contributed by atoms with Crippen molar-refractivity contribution >= 4 is 5.78 Å². The largest absolute Gasteiger partial charge is 0.290 e. The number of hydrogen-bond donors (Lipinski definition) is 1. The Labute approximate surface area is 55.2 Å². The van der Waals surface area contributed by atoms with Gasteiger partial charge in [0.05, 0.1) is 0 Å². The second kappa shape index (κ2) is 1.56. The van der Waals surface area contributed by atoms with Crippen molar-refractivity contribution in [1.82, 2.24) is 5.16 Å². The predicted octanol–water partition coefficient (Wildman–Crippen LogP) is -0.349. The fraction of sp³-hybridized carbons (Fsp3) is 0.400. The summed E-state index contributed by atoms with van der Waals surface area (Å²) in [6, 6.07) is 0. The summed E-state index contributed by atoms with van der Waals surface area (Å²) in [5.41, 5.74) is 0.750. The van der Waals surface area contributed by atoms with Crippen molar-refractivity contribution in [3.8, 4) is 0 Å². The van der Waals surface area contributed by atoms with Gasteiger partial charge in [-0.3, -0.25) is 4.79 Å². The molecule has 5 heteroatoms. The highest BCUT2D eigenvalue weighted by molar-refractivity contribution is 5.97. The first kappa shape index (κ1) is 5.40. The number of ketones is 1. The Morgan fingerprint density at radius 3 is 3.00 bits per heavy atom. The van der Waals surface area contributed by atoms with Crippen molar-refractivity contribution in [1.29, 1.82) is 0 Å². The molecule has 52 valence electrons. The summed E-state index contributed by atoms with van der Waals surface area (Å²) in [7, 11) is 0. The highest BCUT2D eigenvalue weighted by Crippen LogP contribution is 2.14. The molecule has 1 aliphatic rings. The molecule has 1 heterocycles. The van der Waals surface area contributed by atoms with E-state index in [0.717, 1.165) is 0 Å². The summed E-state index contributed by atoms with van der Waals surface area (Å²) in [4.78, 5) is 21.5. The van der Waals surface area contributed by atoms with Gasteiger partial charge in [-0.15, -0.1) is 0 Å². The van der Waals surface area contributed by atoms with Crippen LogP contribution in [0.2, 0.25) is 0 Å². The number of carbonyl (C=O) groups is 1. The molecule has 0 fully saturated rings. The molecule has 1 aromatic heterocycles. The average molecular weight is 141 g/mol. The molecule has 2 rings (SSSR count). The first-order valence-electron chi connectivity index (χ1n) is 2.95. The second-order valence-electron chi connectivity index (χ2n) is 2.20. The third-order valence-electron chi connectivity index (χ3n) is 1.61. The number of H-pyrrole nitrogens is 1. The van der Waals surface area contributed by atoms with Crippen LogP contribution in [0.1, 0.15) is 22.6 Å². The van der Waals surface area contributed by atoms with Crippen molar-refractivity contribution in [3.05, 3.63) is 16.3 Å². The number of carbonyl (C=O) groups excluding carboxylic acids is 1. The number of Topliss-reactive ketones (excluding diaryl/α,β-unsaturated/α-hetero) is 1. The van der Waals surface area contributed by atoms with Crippen molar-refractivity contribution in [3.63, 3.8) is 0 Å². The van der Waals surface area contributed by atoms with Crippen LogP contribution in [0.3, 0.4) is 0 Å². The summed E-state index contributed by atoms with van der Waals surface area (Å²) < 4.78 is 4.67. The maximum Gasteiger partial charge on any atom is 0.258 e.